The summed E-state index contributed by atoms with van der Waals surface area (Å²) in [6, 6.07) is 5.39. The lowest BCUT2D eigenvalue weighted by atomic mass is 10.0. The van der Waals surface area contributed by atoms with Gasteiger partial charge in [0.25, 0.3) is 10.0 Å². The van der Waals surface area contributed by atoms with E-state index >= 15 is 0 Å². The monoisotopic (exact) mass is 292 g/mol. The Bertz CT molecular complexity index is 646. The van der Waals surface area contributed by atoms with Crippen LogP contribution in [0.25, 0.3) is 0 Å². The zero-order chi connectivity index (χ0) is 14.6. The van der Waals surface area contributed by atoms with Crippen molar-refractivity contribution >= 4 is 10.0 Å². The van der Waals surface area contributed by atoms with Gasteiger partial charge in [-0.2, -0.15) is 0 Å². The van der Waals surface area contributed by atoms with Gasteiger partial charge in [0.1, 0.15) is 0 Å². The maximum Gasteiger partial charge on any atom is 0.257 e. The van der Waals surface area contributed by atoms with Gasteiger partial charge in [-0.05, 0) is 55.9 Å². The smallest absolute Gasteiger partial charge is 0.257 e. The van der Waals surface area contributed by atoms with Gasteiger partial charge in [-0.15, -0.1) is 4.83 Å². The van der Waals surface area contributed by atoms with Crippen LogP contribution < -0.4 is 10.3 Å². The summed E-state index contributed by atoms with van der Waals surface area (Å²) < 4.78 is 24.5. The van der Waals surface area contributed by atoms with Gasteiger partial charge in [-0.3, -0.25) is 0 Å². The molecule has 1 aromatic carbocycles. The Hall–Kier alpha value is -1.59. The van der Waals surface area contributed by atoms with E-state index < -0.39 is 10.0 Å². The third-order valence-corrected chi connectivity index (χ3v) is 4.69. The number of nitrogens with one attached hydrogen (secondary N) is 2. The number of hydrogen-bond acceptors (Lipinski definition) is 3. The molecule has 1 aromatic rings. The predicted octanol–water partition coefficient (Wildman–Crippen LogP) is 2.71. The lowest BCUT2D eigenvalue weighted by Crippen LogP contribution is -2.34. The highest BCUT2D eigenvalue weighted by Gasteiger charge is 2.16. The Labute approximate surface area is 120 Å². The Morgan fingerprint density at radius 2 is 2.00 bits per heavy atom. The van der Waals surface area contributed by atoms with Crippen molar-refractivity contribution in [2.75, 3.05) is 0 Å². The number of benzene rings is 1. The van der Waals surface area contributed by atoms with Crippen LogP contribution in [-0.4, -0.2) is 8.42 Å². The fourth-order valence-electron chi connectivity index (χ4n) is 2.12. The molecule has 0 radical (unpaired) electrons. The van der Waals surface area contributed by atoms with Crippen LogP contribution in [0.4, 0.5) is 0 Å². The van der Waals surface area contributed by atoms with E-state index in [9.17, 15) is 8.42 Å². The lowest BCUT2D eigenvalue weighted by molar-refractivity contribution is 0.573. The van der Waals surface area contributed by atoms with Gasteiger partial charge in [0, 0.05) is 6.20 Å². The number of aryl methyl sites for hydroxylation is 2. The third-order valence-electron chi connectivity index (χ3n) is 3.28. The van der Waals surface area contributed by atoms with Crippen molar-refractivity contribution < 1.29 is 8.42 Å². The van der Waals surface area contributed by atoms with Crippen LogP contribution in [0.3, 0.4) is 0 Å². The number of hydrogen-bond donors (Lipinski definition) is 2. The molecule has 0 unspecified atom stereocenters. The van der Waals surface area contributed by atoms with E-state index in [1.54, 1.807) is 19.2 Å². The van der Waals surface area contributed by atoms with Crippen molar-refractivity contribution in [3.63, 3.8) is 0 Å². The molecule has 1 aliphatic carbocycles. The molecule has 0 fully saturated rings. The molecule has 0 bridgehead atoms. The average molecular weight is 292 g/mol. The van der Waals surface area contributed by atoms with Crippen molar-refractivity contribution in [3.05, 3.63) is 53.3 Å². The molecule has 0 amide bonds. The predicted molar refractivity (Wildman–Crippen MR) is 80.4 cm³/mol. The Morgan fingerprint density at radius 3 is 2.70 bits per heavy atom. The zero-order valence-corrected chi connectivity index (χ0v) is 12.6. The third kappa shape index (κ3) is 3.71. The van der Waals surface area contributed by atoms with Crippen molar-refractivity contribution in [2.24, 2.45) is 0 Å². The molecule has 0 saturated heterocycles. The second-order valence-corrected chi connectivity index (χ2v) is 6.69. The Balaban J connectivity index is 2.07. The molecule has 2 rings (SSSR count). The summed E-state index contributed by atoms with van der Waals surface area (Å²) in [7, 11) is -3.54. The first-order valence-corrected chi connectivity index (χ1v) is 8.15. The minimum absolute atomic E-state index is 0.312. The molecule has 5 heteroatoms. The first-order valence-electron chi connectivity index (χ1n) is 6.66. The number of allylic oxidation sites excluding steroid dienone is 3. The van der Waals surface area contributed by atoms with Gasteiger partial charge in [0.2, 0.25) is 0 Å². The van der Waals surface area contributed by atoms with E-state index in [1.165, 1.54) is 5.57 Å². The van der Waals surface area contributed by atoms with Crippen LogP contribution >= 0.6 is 0 Å². The molecule has 0 aromatic heterocycles. The summed E-state index contributed by atoms with van der Waals surface area (Å²) in [6.45, 7) is 3.67. The topological polar surface area (TPSA) is 58.2 Å². The minimum atomic E-state index is -3.54. The van der Waals surface area contributed by atoms with E-state index in [0.29, 0.717) is 4.90 Å². The summed E-state index contributed by atoms with van der Waals surface area (Å²) in [6.07, 6.45) is 8.82. The number of rotatable bonds is 4. The van der Waals surface area contributed by atoms with Crippen molar-refractivity contribution in [1.82, 2.24) is 10.3 Å². The zero-order valence-electron chi connectivity index (χ0n) is 11.8. The van der Waals surface area contributed by atoms with Crippen LogP contribution in [0.1, 0.15) is 30.4 Å². The van der Waals surface area contributed by atoms with Gasteiger partial charge in [0.15, 0.2) is 0 Å². The first kappa shape index (κ1) is 14.8. The minimum Gasteiger partial charge on any atom is -0.315 e. The van der Waals surface area contributed by atoms with Crippen LogP contribution in [0.15, 0.2) is 47.0 Å². The van der Waals surface area contributed by atoms with Gasteiger partial charge in [-0.25, -0.2) is 8.42 Å². The molecule has 0 atom stereocenters. The van der Waals surface area contributed by atoms with E-state index in [0.717, 1.165) is 30.4 Å². The van der Waals surface area contributed by atoms with Gasteiger partial charge in [-0.1, -0.05) is 24.3 Å². The van der Waals surface area contributed by atoms with Crippen LogP contribution in [0.5, 0.6) is 0 Å². The van der Waals surface area contributed by atoms with E-state index in [1.807, 2.05) is 19.1 Å². The maximum atomic E-state index is 12.2. The fourth-order valence-corrected chi connectivity index (χ4v) is 3.27. The van der Waals surface area contributed by atoms with E-state index in [-0.39, 0.29) is 0 Å². The first-order chi connectivity index (χ1) is 9.49. The molecule has 2 N–H and O–H groups in total. The van der Waals surface area contributed by atoms with E-state index in [4.69, 9.17) is 0 Å². The summed E-state index contributed by atoms with van der Waals surface area (Å²) in [5.41, 5.74) is 5.55. The second kappa shape index (κ2) is 6.24. The SMILES string of the molecule is Cc1ccc(C)c(S(=O)(=O)NN/C=C2/CC=CCC2)c1. The summed E-state index contributed by atoms with van der Waals surface area (Å²) in [5.74, 6) is 0. The standard InChI is InChI=1S/C15H20N2O2S/c1-12-8-9-13(2)15(10-12)20(18,19)17-16-11-14-6-4-3-5-7-14/h3-4,8-11,16-17H,5-7H2,1-2H3/b14-11-. The van der Waals surface area contributed by atoms with Crippen LogP contribution in [-0.2, 0) is 10.0 Å². The van der Waals surface area contributed by atoms with Crippen LogP contribution in [0, 0.1) is 13.8 Å². The van der Waals surface area contributed by atoms with Gasteiger partial charge in [0.05, 0.1) is 4.90 Å². The molecule has 0 saturated carbocycles. The summed E-state index contributed by atoms with van der Waals surface area (Å²) >= 11 is 0. The normalized spacial score (nSPS) is 17.4. The Kier molecular flexibility index (Phi) is 4.62. The molecule has 0 aliphatic heterocycles. The van der Waals surface area contributed by atoms with Crippen molar-refractivity contribution in [2.45, 2.75) is 38.0 Å². The molecular formula is C15H20N2O2S. The molecule has 0 spiro atoms. The molecule has 0 heterocycles. The lowest BCUT2D eigenvalue weighted by Gasteiger charge is -2.12. The summed E-state index contributed by atoms with van der Waals surface area (Å²) in [4.78, 5) is 2.72. The quantitative estimate of drug-likeness (QED) is 0.662. The van der Waals surface area contributed by atoms with Crippen LogP contribution in [0.2, 0.25) is 0 Å². The number of hydrazine groups is 1. The molecule has 108 valence electrons. The highest BCUT2D eigenvalue weighted by molar-refractivity contribution is 7.89. The van der Waals surface area contributed by atoms with Gasteiger partial charge >= 0.3 is 0 Å². The Morgan fingerprint density at radius 1 is 1.20 bits per heavy atom. The molecule has 4 nitrogen and oxygen atoms in total. The highest BCUT2D eigenvalue weighted by atomic mass is 32.2. The molecular weight excluding hydrogens is 272 g/mol. The maximum absolute atomic E-state index is 12.2. The van der Waals surface area contributed by atoms with Crippen molar-refractivity contribution in [1.29, 1.82) is 0 Å². The van der Waals surface area contributed by atoms with Gasteiger partial charge < -0.3 is 5.43 Å². The molecule has 20 heavy (non-hydrogen) atoms. The number of sulfonamides is 1. The molecule has 1 aliphatic rings. The fraction of sp³-hybridized carbons (Fsp3) is 0.333. The summed E-state index contributed by atoms with van der Waals surface area (Å²) in [5, 5.41) is 0. The average Bonchev–Trinajstić information content (AvgIpc) is 2.42. The van der Waals surface area contributed by atoms with Crippen molar-refractivity contribution in [3.8, 4) is 0 Å². The largest absolute Gasteiger partial charge is 0.315 e. The highest BCUT2D eigenvalue weighted by Crippen LogP contribution is 2.17. The second-order valence-electron chi connectivity index (χ2n) is 5.04. The van der Waals surface area contributed by atoms with E-state index in [2.05, 4.69) is 22.4 Å².